The van der Waals surface area contributed by atoms with Crippen LogP contribution in [-0.4, -0.2) is 12.6 Å². The van der Waals surface area contributed by atoms with E-state index in [1.54, 1.807) is 0 Å². The maximum atomic E-state index is 3.65. The van der Waals surface area contributed by atoms with Gasteiger partial charge in [0.25, 0.3) is 0 Å². The highest BCUT2D eigenvalue weighted by molar-refractivity contribution is 9.10. The van der Waals surface area contributed by atoms with E-state index in [4.69, 9.17) is 0 Å². The van der Waals surface area contributed by atoms with Crippen LogP contribution in [0.2, 0.25) is 0 Å². The van der Waals surface area contributed by atoms with E-state index in [0.29, 0.717) is 6.04 Å². The summed E-state index contributed by atoms with van der Waals surface area (Å²) in [4.78, 5) is 0. The fraction of sp³-hybridized carbons (Fsp3) is 0.625. The highest BCUT2D eigenvalue weighted by atomic mass is 79.9. The predicted octanol–water partition coefficient (Wildman–Crippen LogP) is 4.80. The van der Waals surface area contributed by atoms with Gasteiger partial charge in [-0.2, -0.15) is 0 Å². The molecule has 0 fully saturated rings. The van der Waals surface area contributed by atoms with Gasteiger partial charge in [0, 0.05) is 10.5 Å². The van der Waals surface area contributed by atoms with Gasteiger partial charge in [0.2, 0.25) is 0 Å². The first-order valence-electron chi connectivity index (χ1n) is 7.14. The molecule has 102 valence electrons. The summed E-state index contributed by atoms with van der Waals surface area (Å²) in [6, 6.07) is 9.15. The Morgan fingerprint density at radius 2 is 1.94 bits per heavy atom. The van der Waals surface area contributed by atoms with E-state index in [1.165, 1.54) is 29.3 Å². The number of likely N-dealkylation sites (N-methyl/N-ethyl adjacent to an activating group) is 1. The number of halogens is 1. The van der Waals surface area contributed by atoms with Gasteiger partial charge in [0.05, 0.1) is 0 Å². The van der Waals surface area contributed by atoms with Crippen molar-refractivity contribution in [1.29, 1.82) is 0 Å². The van der Waals surface area contributed by atoms with Crippen LogP contribution in [0.1, 0.15) is 45.6 Å². The Bertz CT molecular complexity index is 338. The van der Waals surface area contributed by atoms with Crippen molar-refractivity contribution in [1.82, 2.24) is 5.32 Å². The van der Waals surface area contributed by atoms with Gasteiger partial charge < -0.3 is 5.32 Å². The third kappa shape index (κ3) is 5.53. The zero-order valence-corrected chi connectivity index (χ0v) is 13.5. The summed E-state index contributed by atoms with van der Waals surface area (Å²) in [6.45, 7) is 7.88. The fourth-order valence-electron chi connectivity index (χ4n) is 2.55. The third-order valence-corrected chi connectivity index (χ3v) is 4.16. The normalized spacial score (nSPS) is 14.4. The SMILES string of the molecule is CCCC(C)CC(Cc1ccccc1Br)NCC. The smallest absolute Gasteiger partial charge is 0.0207 e. The Kier molecular flexibility index (Phi) is 7.60. The summed E-state index contributed by atoms with van der Waals surface area (Å²) in [6.07, 6.45) is 5.00. The maximum absolute atomic E-state index is 3.65. The first kappa shape index (κ1) is 15.7. The Labute approximate surface area is 120 Å². The molecule has 0 bridgehead atoms. The number of hydrogen-bond acceptors (Lipinski definition) is 1. The van der Waals surface area contributed by atoms with Gasteiger partial charge in [-0.1, -0.05) is 67.7 Å². The van der Waals surface area contributed by atoms with Gasteiger partial charge in [0.15, 0.2) is 0 Å². The number of rotatable bonds is 8. The van der Waals surface area contributed by atoms with Crippen LogP contribution in [0.4, 0.5) is 0 Å². The van der Waals surface area contributed by atoms with Crippen LogP contribution in [-0.2, 0) is 6.42 Å². The summed E-state index contributed by atoms with van der Waals surface area (Å²) in [5.74, 6) is 0.807. The molecule has 1 nitrogen and oxygen atoms in total. The standard InChI is InChI=1S/C16H26BrN/c1-4-8-13(3)11-15(18-5-2)12-14-9-6-7-10-16(14)17/h6-7,9-10,13,15,18H,4-5,8,11-12H2,1-3H3. The molecule has 0 aliphatic rings. The lowest BCUT2D eigenvalue weighted by molar-refractivity contribution is 0.385. The van der Waals surface area contributed by atoms with Crippen molar-refractivity contribution in [3.63, 3.8) is 0 Å². The molecular weight excluding hydrogens is 286 g/mol. The van der Waals surface area contributed by atoms with E-state index < -0.39 is 0 Å². The summed E-state index contributed by atoms with van der Waals surface area (Å²) in [5, 5.41) is 3.63. The van der Waals surface area contributed by atoms with Crippen LogP contribution in [0.25, 0.3) is 0 Å². The Morgan fingerprint density at radius 1 is 1.22 bits per heavy atom. The average molecular weight is 312 g/mol. The van der Waals surface area contributed by atoms with E-state index in [2.05, 4.69) is 66.3 Å². The molecule has 2 heteroatoms. The quantitative estimate of drug-likeness (QED) is 0.727. The summed E-state index contributed by atoms with van der Waals surface area (Å²) < 4.78 is 1.23. The fourth-order valence-corrected chi connectivity index (χ4v) is 3.00. The van der Waals surface area contributed by atoms with Crippen LogP contribution >= 0.6 is 15.9 Å². The van der Waals surface area contributed by atoms with Crippen molar-refractivity contribution in [2.45, 2.75) is 52.5 Å². The minimum absolute atomic E-state index is 0.593. The lowest BCUT2D eigenvalue weighted by Crippen LogP contribution is -2.32. The van der Waals surface area contributed by atoms with Gasteiger partial charge in [-0.3, -0.25) is 0 Å². The topological polar surface area (TPSA) is 12.0 Å². The molecular formula is C16H26BrN. The number of benzene rings is 1. The van der Waals surface area contributed by atoms with Crippen LogP contribution in [0.15, 0.2) is 28.7 Å². The lowest BCUT2D eigenvalue weighted by atomic mass is 9.93. The van der Waals surface area contributed by atoms with Gasteiger partial charge >= 0.3 is 0 Å². The molecule has 1 aromatic rings. The second-order valence-electron chi connectivity index (χ2n) is 5.18. The number of nitrogens with one attached hydrogen (secondary N) is 1. The van der Waals surface area contributed by atoms with E-state index in [1.807, 2.05) is 0 Å². The molecule has 0 heterocycles. The van der Waals surface area contributed by atoms with Crippen molar-refractivity contribution in [2.24, 2.45) is 5.92 Å². The summed E-state index contributed by atoms with van der Waals surface area (Å²) in [7, 11) is 0. The van der Waals surface area contributed by atoms with Crippen molar-refractivity contribution in [2.75, 3.05) is 6.54 Å². The minimum Gasteiger partial charge on any atom is -0.314 e. The van der Waals surface area contributed by atoms with Crippen molar-refractivity contribution < 1.29 is 0 Å². The number of hydrogen-bond donors (Lipinski definition) is 1. The van der Waals surface area contributed by atoms with Gasteiger partial charge in [0.1, 0.15) is 0 Å². The van der Waals surface area contributed by atoms with Crippen molar-refractivity contribution in [3.05, 3.63) is 34.3 Å². The highest BCUT2D eigenvalue weighted by Crippen LogP contribution is 2.21. The zero-order valence-electron chi connectivity index (χ0n) is 11.9. The van der Waals surface area contributed by atoms with Gasteiger partial charge in [-0.15, -0.1) is 0 Å². The monoisotopic (exact) mass is 311 g/mol. The van der Waals surface area contributed by atoms with Crippen LogP contribution in [0, 0.1) is 5.92 Å². The van der Waals surface area contributed by atoms with E-state index in [0.717, 1.165) is 18.9 Å². The first-order valence-corrected chi connectivity index (χ1v) is 7.93. The molecule has 1 N–H and O–H groups in total. The average Bonchev–Trinajstić information content (AvgIpc) is 2.32. The summed E-state index contributed by atoms with van der Waals surface area (Å²) >= 11 is 3.65. The molecule has 0 spiro atoms. The third-order valence-electron chi connectivity index (χ3n) is 3.39. The molecule has 2 unspecified atom stereocenters. The molecule has 1 rings (SSSR count). The Hall–Kier alpha value is -0.340. The molecule has 1 aromatic carbocycles. The van der Waals surface area contributed by atoms with Crippen molar-refractivity contribution >= 4 is 15.9 Å². The molecule has 0 saturated heterocycles. The molecule has 0 aliphatic carbocycles. The molecule has 0 aliphatic heterocycles. The molecule has 18 heavy (non-hydrogen) atoms. The second kappa shape index (κ2) is 8.71. The zero-order chi connectivity index (χ0) is 13.4. The van der Waals surface area contributed by atoms with E-state index in [-0.39, 0.29) is 0 Å². The lowest BCUT2D eigenvalue weighted by Gasteiger charge is -2.22. The van der Waals surface area contributed by atoms with Crippen LogP contribution < -0.4 is 5.32 Å². The maximum Gasteiger partial charge on any atom is 0.0207 e. The molecule has 0 aromatic heterocycles. The molecule has 0 saturated carbocycles. The Balaban J connectivity index is 2.59. The molecule has 2 atom stereocenters. The Morgan fingerprint density at radius 3 is 2.56 bits per heavy atom. The predicted molar refractivity (Wildman–Crippen MR) is 84.0 cm³/mol. The summed E-state index contributed by atoms with van der Waals surface area (Å²) in [5.41, 5.74) is 1.41. The molecule has 0 radical (unpaired) electrons. The van der Waals surface area contributed by atoms with E-state index in [9.17, 15) is 0 Å². The van der Waals surface area contributed by atoms with Gasteiger partial charge in [-0.25, -0.2) is 0 Å². The van der Waals surface area contributed by atoms with Crippen LogP contribution in [0.5, 0.6) is 0 Å². The highest BCUT2D eigenvalue weighted by Gasteiger charge is 2.13. The second-order valence-corrected chi connectivity index (χ2v) is 6.03. The minimum atomic E-state index is 0.593. The molecule has 0 amide bonds. The van der Waals surface area contributed by atoms with Crippen LogP contribution in [0.3, 0.4) is 0 Å². The van der Waals surface area contributed by atoms with E-state index >= 15 is 0 Å². The van der Waals surface area contributed by atoms with Gasteiger partial charge in [-0.05, 0) is 36.9 Å². The first-order chi connectivity index (χ1) is 8.67. The van der Waals surface area contributed by atoms with Crippen molar-refractivity contribution in [3.8, 4) is 0 Å². The largest absolute Gasteiger partial charge is 0.314 e.